The molecule has 1 aromatic rings. The molecule has 0 aromatic heterocycles. The Morgan fingerprint density at radius 3 is 2.78 bits per heavy atom. The smallest absolute Gasteiger partial charge is 0.258 e. The van der Waals surface area contributed by atoms with Crippen LogP contribution in [0.1, 0.15) is 43.0 Å². The van der Waals surface area contributed by atoms with E-state index in [1.165, 1.54) is 12.8 Å². The summed E-state index contributed by atoms with van der Waals surface area (Å²) in [6.07, 6.45) is 5.16. The van der Waals surface area contributed by atoms with Gasteiger partial charge >= 0.3 is 0 Å². The maximum atomic E-state index is 12.0. The number of carbonyl (C=O) groups is 2. The zero-order valence-corrected chi connectivity index (χ0v) is 13.8. The normalized spacial score (nSPS) is 16.0. The highest BCUT2D eigenvalue weighted by Crippen LogP contribution is 2.15. The fourth-order valence-corrected chi connectivity index (χ4v) is 2.80. The summed E-state index contributed by atoms with van der Waals surface area (Å²) in [6.45, 7) is 5.39. The molecule has 0 unspecified atom stereocenters. The molecule has 1 aliphatic heterocycles. The minimum atomic E-state index is -0.127. The van der Waals surface area contributed by atoms with E-state index in [1.54, 1.807) is 24.3 Å². The molecule has 5 nitrogen and oxygen atoms in total. The molecule has 0 saturated carbocycles. The molecule has 23 heavy (non-hydrogen) atoms. The quantitative estimate of drug-likeness (QED) is 0.747. The van der Waals surface area contributed by atoms with Crippen LogP contribution in [-0.4, -0.2) is 49.4 Å². The zero-order valence-electron chi connectivity index (χ0n) is 13.8. The van der Waals surface area contributed by atoms with Crippen molar-refractivity contribution in [1.82, 2.24) is 10.2 Å². The summed E-state index contributed by atoms with van der Waals surface area (Å²) in [5.74, 6) is 0.324. The summed E-state index contributed by atoms with van der Waals surface area (Å²) < 4.78 is 5.45. The number of amides is 1. The SMILES string of the molecule is CCCCN1CCC(NC(=O)COc2ccccc2C=O)CC1. The number of unbranched alkanes of at least 4 members (excludes halogenated alkanes) is 1. The number of hydrogen-bond donors (Lipinski definition) is 1. The number of benzene rings is 1. The Hall–Kier alpha value is -1.88. The molecular formula is C18H26N2O3. The Bertz CT molecular complexity index is 511. The third-order valence-corrected chi connectivity index (χ3v) is 4.19. The van der Waals surface area contributed by atoms with Crippen LogP contribution in [0.5, 0.6) is 5.75 Å². The predicted molar refractivity (Wildman–Crippen MR) is 89.8 cm³/mol. The van der Waals surface area contributed by atoms with Crippen LogP contribution in [-0.2, 0) is 4.79 Å². The summed E-state index contributed by atoms with van der Waals surface area (Å²) in [6, 6.07) is 7.15. The molecule has 0 aliphatic carbocycles. The molecule has 0 atom stereocenters. The molecule has 2 rings (SSSR count). The van der Waals surface area contributed by atoms with E-state index in [-0.39, 0.29) is 18.6 Å². The predicted octanol–water partition coefficient (Wildman–Crippen LogP) is 2.26. The van der Waals surface area contributed by atoms with Gasteiger partial charge in [-0.05, 0) is 37.9 Å². The summed E-state index contributed by atoms with van der Waals surface area (Å²) in [7, 11) is 0. The first-order valence-corrected chi connectivity index (χ1v) is 8.41. The molecular weight excluding hydrogens is 292 g/mol. The minimum Gasteiger partial charge on any atom is -0.483 e. The van der Waals surface area contributed by atoms with Gasteiger partial charge in [0.05, 0.1) is 5.56 Å². The van der Waals surface area contributed by atoms with E-state index in [1.807, 2.05) is 0 Å². The van der Waals surface area contributed by atoms with Crippen LogP contribution in [0.2, 0.25) is 0 Å². The highest BCUT2D eigenvalue weighted by Gasteiger charge is 2.20. The van der Waals surface area contributed by atoms with E-state index in [0.717, 1.165) is 38.8 Å². The topological polar surface area (TPSA) is 58.6 Å². The average Bonchev–Trinajstić information content (AvgIpc) is 2.59. The molecule has 126 valence electrons. The number of nitrogens with zero attached hydrogens (tertiary/aromatic N) is 1. The van der Waals surface area contributed by atoms with Crippen molar-refractivity contribution < 1.29 is 14.3 Å². The van der Waals surface area contributed by atoms with Crippen molar-refractivity contribution in [3.8, 4) is 5.75 Å². The summed E-state index contributed by atoms with van der Waals surface area (Å²) >= 11 is 0. The van der Waals surface area contributed by atoms with E-state index in [0.29, 0.717) is 11.3 Å². The zero-order chi connectivity index (χ0) is 16.5. The number of piperidine rings is 1. The van der Waals surface area contributed by atoms with Gasteiger partial charge in [0, 0.05) is 19.1 Å². The van der Waals surface area contributed by atoms with Crippen LogP contribution in [0.4, 0.5) is 0 Å². The number of carbonyl (C=O) groups excluding carboxylic acids is 2. The van der Waals surface area contributed by atoms with Crippen molar-refractivity contribution in [1.29, 1.82) is 0 Å². The molecule has 1 fully saturated rings. The number of nitrogens with one attached hydrogen (secondary N) is 1. The Labute approximate surface area is 138 Å². The summed E-state index contributed by atoms with van der Waals surface area (Å²) in [5, 5.41) is 3.02. The van der Waals surface area contributed by atoms with Gasteiger partial charge in [0.1, 0.15) is 5.75 Å². The average molecular weight is 318 g/mol. The second kappa shape index (κ2) is 9.30. The van der Waals surface area contributed by atoms with Gasteiger partial charge in [-0.3, -0.25) is 9.59 Å². The van der Waals surface area contributed by atoms with Gasteiger partial charge in [0.15, 0.2) is 12.9 Å². The molecule has 0 bridgehead atoms. The molecule has 1 amide bonds. The van der Waals surface area contributed by atoms with Crippen LogP contribution < -0.4 is 10.1 Å². The first kappa shape index (κ1) is 17.5. The van der Waals surface area contributed by atoms with E-state index in [4.69, 9.17) is 4.74 Å². The Morgan fingerprint density at radius 2 is 2.09 bits per heavy atom. The lowest BCUT2D eigenvalue weighted by molar-refractivity contribution is -0.124. The van der Waals surface area contributed by atoms with Crippen LogP contribution in [0.15, 0.2) is 24.3 Å². The van der Waals surface area contributed by atoms with Crippen LogP contribution in [0, 0.1) is 0 Å². The second-order valence-electron chi connectivity index (χ2n) is 5.98. The van der Waals surface area contributed by atoms with E-state index in [2.05, 4.69) is 17.1 Å². The van der Waals surface area contributed by atoms with Crippen molar-refractivity contribution in [2.24, 2.45) is 0 Å². The van der Waals surface area contributed by atoms with Crippen LogP contribution in [0.3, 0.4) is 0 Å². The number of ether oxygens (including phenoxy) is 1. The largest absolute Gasteiger partial charge is 0.483 e. The highest BCUT2D eigenvalue weighted by atomic mass is 16.5. The maximum Gasteiger partial charge on any atom is 0.258 e. The third-order valence-electron chi connectivity index (χ3n) is 4.19. The molecule has 5 heteroatoms. The van der Waals surface area contributed by atoms with Gasteiger partial charge in [-0.2, -0.15) is 0 Å². The Morgan fingerprint density at radius 1 is 1.35 bits per heavy atom. The molecule has 1 N–H and O–H groups in total. The van der Waals surface area contributed by atoms with E-state index in [9.17, 15) is 9.59 Å². The Balaban J connectivity index is 1.70. The van der Waals surface area contributed by atoms with Gasteiger partial charge in [-0.25, -0.2) is 0 Å². The van der Waals surface area contributed by atoms with Crippen LogP contribution in [0.25, 0.3) is 0 Å². The lowest BCUT2D eigenvalue weighted by Crippen LogP contribution is -2.46. The molecule has 0 radical (unpaired) electrons. The Kier molecular flexibility index (Phi) is 7.07. The minimum absolute atomic E-state index is 0.0547. The standard InChI is InChI=1S/C18H26N2O3/c1-2-3-10-20-11-8-16(9-12-20)19-18(22)14-23-17-7-5-4-6-15(17)13-21/h4-7,13,16H,2-3,8-12,14H2,1H3,(H,19,22). The third kappa shape index (κ3) is 5.67. The van der Waals surface area contributed by atoms with Gasteiger partial charge in [-0.15, -0.1) is 0 Å². The van der Waals surface area contributed by atoms with Crippen LogP contribution >= 0.6 is 0 Å². The lowest BCUT2D eigenvalue weighted by atomic mass is 10.0. The van der Waals surface area contributed by atoms with Crippen molar-refractivity contribution >= 4 is 12.2 Å². The molecule has 1 saturated heterocycles. The van der Waals surface area contributed by atoms with Gasteiger partial charge in [-0.1, -0.05) is 25.5 Å². The number of para-hydroxylation sites is 1. The van der Waals surface area contributed by atoms with Gasteiger partial charge in [0.2, 0.25) is 0 Å². The molecule has 1 aliphatic rings. The second-order valence-corrected chi connectivity index (χ2v) is 5.98. The van der Waals surface area contributed by atoms with Gasteiger partial charge in [0.25, 0.3) is 5.91 Å². The van der Waals surface area contributed by atoms with Gasteiger partial charge < -0.3 is 15.0 Å². The maximum absolute atomic E-state index is 12.0. The first-order chi connectivity index (χ1) is 11.2. The molecule has 1 heterocycles. The fraction of sp³-hybridized carbons (Fsp3) is 0.556. The van der Waals surface area contributed by atoms with Crippen molar-refractivity contribution in [2.45, 2.75) is 38.6 Å². The van der Waals surface area contributed by atoms with Crippen molar-refractivity contribution in [3.63, 3.8) is 0 Å². The summed E-state index contributed by atoms with van der Waals surface area (Å²) in [5.41, 5.74) is 0.463. The molecule has 0 spiro atoms. The first-order valence-electron chi connectivity index (χ1n) is 8.41. The number of rotatable bonds is 8. The molecule has 1 aromatic carbocycles. The lowest BCUT2D eigenvalue weighted by Gasteiger charge is -2.32. The summed E-state index contributed by atoms with van der Waals surface area (Å²) in [4.78, 5) is 25.4. The number of aldehydes is 1. The fourth-order valence-electron chi connectivity index (χ4n) is 2.80. The number of likely N-dealkylation sites (tertiary alicyclic amines) is 1. The van der Waals surface area contributed by atoms with E-state index >= 15 is 0 Å². The van der Waals surface area contributed by atoms with Crippen molar-refractivity contribution in [2.75, 3.05) is 26.2 Å². The number of hydrogen-bond acceptors (Lipinski definition) is 4. The van der Waals surface area contributed by atoms with E-state index < -0.39 is 0 Å². The highest BCUT2D eigenvalue weighted by molar-refractivity contribution is 5.80. The monoisotopic (exact) mass is 318 g/mol. The van der Waals surface area contributed by atoms with Crippen molar-refractivity contribution in [3.05, 3.63) is 29.8 Å².